The Hall–Kier alpha value is -5.20. The molecule has 0 atom stereocenters. The number of nitrogens with zero attached hydrogens (tertiary/aromatic N) is 2. The molecule has 0 unspecified atom stereocenters. The van der Waals surface area contributed by atoms with Crippen LogP contribution in [0.4, 0.5) is 0 Å². The van der Waals surface area contributed by atoms with Crippen molar-refractivity contribution in [2.24, 2.45) is 0 Å². The van der Waals surface area contributed by atoms with Gasteiger partial charge in [0, 0.05) is 30.6 Å². The van der Waals surface area contributed by atoms with Crippen LogP contribution in [0.1, 0.15) is 109 Å². The highest BCUT2D eigenvalue weighted by Crippen LogP contribution is 2.59. The second-order valence-corrected chi connectivity index (χ2v) is 20.1. The topological polar surface area (TPSA) is 25.8 Å². The average molecular weight is 863 g/mol. The number of aromatic nitrogens is 2. The molecule has 0 amide bonds. The number of aryl methyl sites for hydroxylation is 4. The highest BCUT2D eigenvalue weighted by molar-refractivity contribution is 7.19. The van der Waals surface area contributed by atoms with Gasteiger partial charge < -0.3 is 0 Å². The van der Waals surface area contributed by atoms with E-state index in [1.807, 2.05) is 22.7 Å². The highest BCUT2D eigenvalue weighted by Gasteiger charge is 2.47. The molecule has 10 rings (SSSR count). The smallest absolute Gasteiger partial charge is 0.114 e. The fourth-order valence-corrected chi connectivity index (χ4v) is 13.2. The summed E-state index contributed by atoms with van der Waals surface area (Å²) in [6.45, 7) is 9.15. The first-order valence-electron chi connectivity index (χ1n) is 22.8. The Morgan fingerprint density at radius 3 is 1.71 bits per heavy atom. The average Bonchev–Trinajstić information content (AvgIpc) is 4.11. The van der Waals surface area contributed by atoms with Crippen LogP contribution in [-0.4, -0.2) is 8.75 Å². The van der Waals surface area contributed by atoms with Crippen LogP contribution < -0.4 is 0 Å². The van der Waals surface area contributed by atoms with Crippen molar-refractivity contribution < 1.29 is 0 Å². The van der Waals surface area contributed by atoms with Crippen LogP contribution in [0, 0.1) is 13.8 Å². The Morgan fingerprint density at radius 1 is 0.500 bits per heavy atom. The number of benzene rings is 6. The van der Waals surface area contributed by atoms with E-state index in [1.54, 1.807) is 0 Å². The fraction of sp³-hybridized carbons (Fsp3) is 0.263. The number of unbranched alkanes of at least 4 members (excludes halogenated alkanes) is 6. The van der Waals surface area contributed by atoms with Crippen molar-refractivity contribution in [1.82, 2.24) is 8.75 Å². The summed E-state index contributed by atoms with van der Waals surface area (Å²) in [5, 5.41) is 2.65. The molecule has 9 aromatic rings. The van der Waals surface area contributed by atoms with Crippen LogP contribution in [0.25, 0.3) is 64.3 Å². The van der Waals surface area contributed by atoms with E-state index in [9.17, 15) is 0 Å². The second kappa shape index (κ2) is 17.5. The Labute approximate surface area is 379 Å². The largest absolute Gasteiger partial charge is 0.172 e. The van der Waals surface area contributed by atoms with Crippen molar-refractivity contribution in [2.45, 2.75) is 97.3 Å². The molecule has 1 aliphatic rings. The lowest BCUT2D eigenvalue weighted by atomic mass is 9.67. The number of hydrogen-bond donors (Lipinski definition) is 0. The summed E-state index contributed by atoms with van der Waals surface area (Å²) in [7, 11) is 0. The van der Waals surface area contributed by atoms with Crippen molar-refractivity contribution in [3.05, 3.63) is 177 Å². The van der Waals surface area contributed by atoms with E-state index >= 15 is 0 Å². The predicted molar refractivity (Wildman–Crippen MR) is 269 cm³/mol. The van der Waals surface area contributed by atoms with Crippen LogP contribution >= 0.6 is 34.4 Å². The monoisotopic (exact) mass is 862 g/mol. The van der Waals surface area contributed by atoms with Gasteiger partial charge >= 0.3 is 0 Å². The van der Waals surface area contributed by atoms with Gasteiger partial charge in [-0.1, -0.05) is 168 Å². The molecule has 0 saturated carbocycles. The Kier molecular flexibility index (Phi) is 11.5. The summed E-state index contributed by atoms with van der Waals surface area (Å²) >= 11 is 5.19. The third-order valence-electron chi connectivity index (χ3n) is 13.4. The lowest BCUT2D eigenvalue weighted by molar-refractivity contribution is 0.666. The van der Waals surface area contributed by atoms with Gasteiger partial charge in [0.25, 0.3) is 0 Å². The second-order valence-electron chi connectivity index (χ2n) is 17.3. The molecule has 5 heteroatoms. The fourth-order valence-electron chi connectivity index (χ4n) is 10.3. The van der Waals surface area contributed by atoms with Crippen molar-refractivity contribution >= 4 is 56.2 Å². The Morgan fingerprint density at radius 2 is 1.06 bits per heavy atom. The summed E-state index contributed by atoms with van der Waals surface area (Å²) in [6.07, 6.45) is 12.3. The van der Waals surface area contributed by atoms with E-state index in [2.05, 4.69) is 161 Å². The summed E-state index contributed by atoms with van der Waals surface area (Å²) in [5.41, 5.74) is 17.5. The van der Waals surface area contributed by atoms with Crippen LogP contribution in [0.15, 0.2) is 133 Å². The van der Waals surface area contributed by atoms with E-state index in [1.165, 1.54) is 160 Å². The molecular formula is C57H54N2S3. The molecule has 0 bridgehead atoms. The number of hydrogen-bond acceptors (Lipinski definition) is 5. The molecule has 3 aromatic heterocycles. The Balaban J connectivity index is 1.13. The normalized spacial score (nSPS) is 13.0. The van der Waals surface area contributed by atoms with Crippen LogP contribution in [0.3, 0.4) is 0 Å². The lowest BCUT2D eigenvalue weighted by Crippen LogP contribution is -2.28. The molecule has 6 aromatic carbocycles. The summed E-state index contributed by atoms with van der Waals surface area (Å²) in [6, 6.07) is 51.0. The van der Waals surface area contributed by atoms with E-state index in [4.69, 9.17) is 8.75 Å². The third kappa shape index (κ3) is 7.07. The minimum absolute atomic E-state index is 0.483. The SMILES string of the molecule is CCCCCCc1cc(-c2ccc(-c3cc(CCCCCC)c(-c4ccc5c(c4)C(c4ccccc4)(c4ccccc4)c4cc(C)c6ccccc6c4-5)s3)c3nsnc23)sc1C. The maximum absolute atomic E-state index is 5.01. The molecule has 1 aliphatic carbocycles. The van der Waals surface area contributed by atoms with Gasteiger partial charge in [-0.15, -0.1) is 22.7 Å². The van der Waals surface area contributed by atoms with E-state index in [-0.39, 0.29) is 0 Å². The predicted octanol–water partition coefficient (Wildman–Crippen LogP) is 17.2. The number of rotatable bonds is 15. The van der Waals surface area contributed by atoms with Gasteiger partial charge in [0.05, 0.1) is 17.1 Å². The zero-order valence-electron chi connectivity index (χ0n) is 36.4. The molecule has 0 N–H and O–H groups in total. The van der Waals surface area contributed by atoms with E-state index < -0.39 is 5.41 Å². The number of fused-ring (bicyclic) bond motifs is 6. The highest BCUT2D eigenvalue weighted by atomic mass is 32.1. The van der Waals surface area contributed by atoms with Crippen LogP contribution in [0.5, 0.6) is 0 Å². The molecule has 3 heterocycles. The quantitative estimate of drug-likeness (QED) is 0.0960. The summed E-state index contributed by atoms with van der Waals surface area (Å²) in [5.74, 6) is 0. The van der Waals surface area contributed by atoms with Gasteiger partial charge in [-0.05, 0) is 124 Å². The standard InChI is InChI=1S/C57H54N2S3/c1-5-7-9-13-21-39-35-51(60-38(39)4)47-31-32-48(55-54(47)58-62-59-55)52-36-40(22-14-10-8-6-2)56(61-52)41-29-30-46-49(34-41)57(42-23-15-11-16-24-42,43-25-17-12-18-26-43)50-33-37(3)44-27-19-20-28-45(44)53(46)50/h11-12,15-20,23-36H,5-10,13-14,21-22H2,1-4H3. The van der Waals surface area contributed by atoms with Gasteiger partial charge in [-0.2, -0.15) is 8.75 Å². The van der Waals surface area contributed by atoms with Crippen molar-refractivity contribution in [1.29, 1.82) is 0 Å². The van der Waals surface area contributed by atoms with Gasteiger partial charge in [0.1, 0.15) is 11.0 Å². The third-order valence-corrected chi connectivity index (χ3v) is 16.3. The minimum Gasteiger partial charge on any atom is -0.172 e. The number of thiophene rings is 2. The van der Waals surface area contributed by atoms with Crippen molar-refractivity contribution in [3.63, 3.8) is 0 Å². The van der Waals surface area contributed by atoms with Gasteiger partial charge in [-0.25, -0.2) is 0 Å². The zero-order chi connectivity index (χ0) is 42.2. The van der Waals surface area contributed by atoms with E-state index in [0.29, 0.717) is 0 Å². The molecule has 0 fully saturated rings. The van der Waals surface area contributed by atoms with Crippen LogP contribution in [-0.2, 0) is 18.3 Å². The lowest BCUT2D eigenvalue weighted by Gasteiger charge is -2.34. The van der Waals surface area contributed by atoms with Crippen LogP contribution in [0.2, 0.25) is 0 Å². The first-order chi connectivity index (χ1) is 30.5. The molecule has 0 radical (unpaired) electrons. The first kappa shape index (κ1) is 40.8. The summed E-state index contributed by atoms with van der Waals surface area (Å²) < 4.78 is 9.98. The molecule has 0 spiro atoms. The maximum Gasteiger partial charge on any atom is 0.114 e. The molecular weight excluding hydrogens is 809 g/mol. The van der Waals surface area contributed by atoms with Gasteiger partial charge in [0.15, 0.2) is 0 Å². The van der Waals surface area contributed by atoms with Gasteiger partial charge in [0.2, 0.25) is 0 Å². The molecule has 62 heavy (non-hydrogen) atoms. The molecule has 0 saturated heterocycles. The molecule has 0 aliphatic heterocycles. The van der Waals surface area contributed by atoms with Gasteiger partial charge in [-0.3, -0.25) is 0 Å². The minimum atomic E-state index is -0.483. The molecule has 310 valence electrons. The van der Waals surface area contributed by atoms with Crippen molar-refractivity contribution in [3.8, 4) is 42.4 Å². The summed E-state index contributed by atoms with van der Waals surface area (Å²) in [4.78, 5) is 5.38. The Bertz CT molecular complexity index is 2980. The molecule has 2 nitrogen and oxygen atoms in total. The van der Waals surface area contributed by atoms with E-state index in [0.717, 1.165) is 23.9 Å². The maximum atomic E-state index is 5.01. The van der Waals surface area contributed by atoms with Crippen molar-refractivity contribution in [2.75, 3.05) is 0 Å². The first-order valence-corrected chi connectivity index (χ1v) is 25.1. The zero-order valence-corrected chi connectivity index (χ0v) is 38.8.